The van der Waals surface area contributed by atoms with Gasteiger partial charge in [0.25, 0.3) is 0 Å². The predicted octanol–water partition coefficient (Wildman–Crippen LogP) is 4.46. The van der Waals surface area contributed by atoms with E-state index in [9.17, 15) is 0 Å². The number of halogens is 2. The molecule has 1 aliphatic heterocycles. The summed E-state index contributed by atoms with van der Waals surface area (Å²) in [6, 6.07) is 3.93. The van der Waals surface area contributed by atoms with Crippen LogP contribution < -0.4 is 9.47 Å². The van der Waals surface area contributed by atoms with E-state index >= 15 is 0 Å². The number of ether oxygens (including phenoxy) is 3. The van der Waals surface area contributed by atoms with Crippen molar-refractivity contribution >= 4 is 27.5 Å². The van der Waals surface area contributed by atoms with Crippen LogP contribution in [0.1, 0.15) is 36.6 Å². The molecule has 20 heavy (non-hydrogen) atoms. The molecule has 0 radical (unpaired) electrons. The average molecular weight is 362 g/mol. The van der Waals surface area contributed by atoms with Gasteiger partial charge in [-0.2, -0.15) is 0 Å². The lowest BCUT2D eigenvalue weighted by molar-refractivity contribution is -0.0780. The molecule has 1 aromatic rings. The second-order valence-electron chi connectivity index (χ2n) is 5.43. The highest BCUT2D eigenvalue weighted by molar-refractivity contribution is 9.10. The van der Waals surface area contributed by atoms with Gasteiger partial charge in [0.05, 0.1) is 11.0 Å². The number of fused-ring (bicyclic) bond motifs is 1. The largest absolute Gasteiger partial charge is 0.486 e. The number of benzene rings is 1. The smallest absolute Gasteiger partial charge is 0.162 e. The molecule has 1 atom stereocenters. The van der Waals surface area contributed by atoms with Gasteiger partial charge in [0, 0.05) is 11.6 Å². The summed E-state index contributed by atoms with van der Waals surface area (Å²) in [7, 11) is 1.78. The Labute approximate surface area is 132 Å². The van der Waals surface area contributed by atoms with Gasteiger partial charge in [0.1, 0.15) is 13.2 Å². The van der Waals surface area contributed by atoms with Crippen LogP contribution in [0.5, 0.6) is 11.5 Å². The standard InChI is InChI=1S/C15H18BrClO3/c1-18-15(3-2-4-15)9-12(17)10-7-13-14(8-11(10)16)20-6-5-19-13/h7-8,12H,2-6,9H2,1H3. The van der Waals surface area contributed by atoms with Gasteiger partial charge in [0.2, 0.25) is 0 Å². The Morgan fingerprint density at radius 2 is 1.95 bits per heavy atom. The molecule has 110 valence electrons. The number of hydrogen-bond donors (Lipinski definition) is 0. The van der Waals surface area contributed by atoms with E-state index in [1.165, 1.54) is 6.42 Å². The van der Waals surface area contributed by atoms with Gasteiger partial charge in [-0.05, 0) is 43.4 Å². The monoisotopic (exact) mass is 360 g/mol. The first kappa shape index (κ1) is 14.5. The third kappa shape index (κ3) is 2.66. The molecule has 5 heteroatoms. The number of rotatable bonds is 4. The van der Waals surface area contributed by atoms with Crippen molar-refractivity contribution in [2.24, 2.45) is 0 Å². The number of methoxy groups -OCH3 is 1. The van der Waals surface area contributed by atoms with Crippen molar-refractivity contribution < 1.29 is 14.2 Å². The normalized spacial score (nSPS) is 21.1. The minimum absolute atomic E-state index is 0.0425. The van der Waals surface area contributed by atoms with Crippen molar-refractivity contribution in [3.8, 4) is 11.5 Å². The van der Waals surface area contributed by atoms with Crippen LogP contribution >= 0.6 is 27.5 Å². The van der Waals surface area contributed by atoms with Crippen LogP contribution in [0.2, 0.25) is 0 Å². The molecule has 0 bridgehead atoms. The molecular formula is C15H18BrClO3. The van der Waals surface area contributed by atoms with E-state index in [2.05, 4.69) is 15.9 Å². The Bertz CT molecular complexity index is 497. The van der Waals surface area contributed by atoms with Crippen molar-refractivity contribution in [3.63, 3.8) is 0 Å². The zero-order valence-corrected chi connectivity index (χ0v) is 13.8. The Morgan fingerprint density at radius 1 is 1.30 bits per heavy atom. The minimum Gasteiger partial charge on any atom is -0.486 e. The molecule has 3 nitrogen and oxygen atoms in total. The van der Waals surface area contributed by atoms with Gasteiger partial charge in [-0.1, -0.05) is 15.9 Å². The maximum atomic E-state index is 6.62. The molecule has 0 saturated heterocycles. The highest BCUT2D eigenvalue weighted by Crippen LogP contribution is 2.47. The minimum atomic E-state index is -0.0968. The Kier molecular flexibility index (Phi) is 4.16. The lowest BCUT2D eigenvalue weighted by Gasteiger charge is -2.42. The van der Waals surface area contributed by atoms with E-state index in [-0.39, 0.29) is 11.0 Å². The molecule has 1 heterocycles. The molecular weight excluding hydrogens is 344 g/mol. The van der Waals surface area contributed by atoms with Crippen LogP contribution in [0.3, 0.4) is 0 Å². The molecule has 2 aliphatic rings. The van der Waals surface area contributed by atoms with Crippen LogP contribution in [0.4, 0.5) is 0 Å². The molecule has 1 fully saturated rings. The van der Waals surface area contributed by atoms with Crippen LogP contribution in [0.25, 0.3) is 0 Å². The maximum absolute atomic E-state index is 6.62. The second kappa shape index (κ2) is 5.74. The summed E-state index contributed by atoms with van der Waals surface area (Å²) in [5.41, 5.74) is 0.998. The first-order valence-corrected chi connectivity index (χ1v) is 8.15. The van der Waals surface area contributed by atoms with E-state index in [4.69, 9.17) is 25.8 Å². The molecule has 1 aromatic carbocycles. The van der Waals surface area contributed by atoms with Crippen LogP contribution in [0.15, 0.2) is 16.6 Å². The molecule has 0 spiro atoms. The van der Waals surface area contributed by atoms with Crippen molar-refractivity contribution in [1.29, 1.82) is 0 Å². The summed E-state index contributed by atoms with van der Waals surface area (Å²) in [5.74, 6) is 1.56. The van der Waals surface area contributed by atoms with Crippen molar-refractivity contribution in [3.05, 3.63) is 22.2 Å². The predicted molar refractivity (Wildman–Crippen MR) is 81.9 cm³/mol. The summed E-state index contributed by atoms with van der Waals surface area (Å²) in [6.07, 6.45) is 4.23. The average Bonchev–Trinajstić information content (AvgIpc) is 2.42. The molecule has 0 aromatic heterocycles. The van der Waals surface area contributed by atoms with Crippen molar-refractivity contribution in [1.82, 2.24) is 0 Å². The zero-order valence-electron chi connectivity index (χ0n) is 11.5. The summed E-state index contributed by atoms with van der Waals surface area (Å²) in [6.45, 7) is 1.18. The summed E-state index contributed by atoms with van der Waals surface area (Å²) in [5, 5.41) is -0.0968. The fourth-order valence-electron chi connectivity index (χ4n) is 2.82. The van der Waals surface area contributed by atoms with E-state index in [0.717, 1.165) is 40.8 Å². The molecule has 1 unspecified atom stereocenters. The van der Waals surface area contributed by atoms with Crippen LogP contribution in [0, 0.1) is 0 Å². The zero-order chi connectivity index (χ0) is 14.2. The van der Waals surface area contributed by atoms with Gasteiger partial charge in [-0.15, -0.1) is 11.6 Å². The third-order valence-corrected chi connectivity index (χ3v) is 5.32. The maximum Gasteiger partial charge on any atom is 0.162 e. The molecule has 1 aliphatic carbocycles. The fourth-order valence-corrected chi connectivity index (χ4v) is 4.01. The summed E-state index contributed by atoms with van der Waals surface area (Å²) >= 11 is 10.2. The van der Waals surface area contributed by atoms with Gasteiger partial charge < -0.3 is 14.2 Å². The fraction of sp³-hybridized carbons (Fsp3) is 0.600. The van der Waals surface area contributed by atoms with E-state index in [0.29, 0.717) is 13.2 Å². The summed E-state index contributed by atoms with van der Waals surface area (Å²) < 4.78 is 17.8. The quantitative estimate of drug-likeness (QED) is 0.741. The Hall–Kier alpha value is -0.450. The topological polar surface area (TPSA) is 27.7 Å². The molecule has 1 saturated carbocycles. The van der Waals surface area contributed by atoms with Crippen LogP contribution in [-0.2, 0) is 4.74 Å². The SMILES string of the molecule is COC1(CC(Cl)c2cc3c(cc2Br)OCCO3)CCC1. The Balaban J connectivity index is 1.82. The van der Waals surface area contributed by atoms with E-state index < -0.39 is 0 Å². The molecule has 0 amide bonds. The third-order valence-electron chi connectivity index (χ3n) is 4.25. The molecule has 3 rings (SSSR count). The lowest BCUT2D eigenvalue weighted by Crippen LogP contribution is -2.39. The van der Waals surface area contributed by atoms with E-state index in [1.807, 2.05) is 12.1 Å². The molecule has 0 N–H and O–H groups in total. The van der Waals surface area contributed by atoms with Gasteiger partial charge in [0.15, 0.2) is 11.5 Å². The van der Waals surface area contributed by atoms with Gasteiger partial charge in [-0.3, -0.25) is 0 Å². The first-order chi connectivity index (χ1) is 9.63. The highest BCUT2D eigenvalue weighted by Gasteiger charge is 2.39. The van der Waals surface area contributed by atoms with Crippen LogP contribution in [-0.4, -0.2) is 25.9 Å². The second-order valence-corrected chi connectivity index (χ2v) is 6.81. The van der Waals surface area contributed by atoms with Crippen molar-refractivity contribution in [2.45, 2.75) is 36.7 Å². The highest BCUT2D eigenvalue weighted by atomic mass is 79.9. The van der Waals surface area contributed by atoms with E-state index in [1.54, 1.807) is 7.11 Å². The van der Waals surface area contributed by atoms with Gasteiger partial charge in [-0.25, -0.2) is 0 Å². The first-order valence-electron chi connectivity index (χ1n) is 6.92. The number of hydrogen-bond acceptors (Lipinski definition) is 3. The lowest BCUT2D eigenvalue weighted by atomic mass is 9.76. The number of alkyl halides is 1. The van der Waals surface area contributed by atoms with Gasteiger partial charge >= 0.3 is 0 Å². The summed E-state index contributed by atoms with van der Waals surface area (Å²) in [4.78, 5) is 0. The Morgan fingerprint density at radius 3 is 2.50 bits per heavy atom. The van der Waals surface area contributed by atoms with Crippen molar-refractivity contribution in [2.75, 3.05) is 20.3 Å².